The van der Waals surface area contributed by atoms with Crippen molar-refractivity contribution >= 4 is 28.0 Å². The fraction of sp³-hybridized carbons (Fsp3) is 0.261. The van der Waals surface area contributed by atoms with Gasteiger partial charge in [0, 0.05) is 7.05 Å². The maximum atomic E-state index is 5.97. The van der Waals surface area contributed by atoms with Gasteiger partial charge in [-0.25, -0.2) is 4.99 Å². The van der Waals surface area contributed by atoms with Crippen LogP contribution >= 0.6 is 0 Å². The molecule has 3 aromatic carbocycles. The number of nitrogens with one attached hydrogen (secondary N) is 1. The number of ether oxygens (including phenoxy) is 1. The molecule has 5 rings (SSSR count). The lowest BCUT2D eigenvalue weighted by Gasteiger charge is -2.40. The number of hydrogen-bond acceptors (Lipinski definition) is 4. The third-order valence-corrected chi connectivity index (χ3v) is 5.64. The van der Waals surface area contributed by atoms with Gasteiger partial charge in [0.1, 0.15) is 6.17 Å². The van der Waals surface area contributed by atoms with Crippen molar-refractivity contribution in [2.75, 3.05) is 23.9 Å². The Hall–Kier alpha value is -3.01. The first-order chi connectivity index (χ1) is 13.3. The summed E-state index contributed by atoms with van der Waals surface area (Å²) < 4.78 is 5.97. The zero-order valence-electron chi connectivity index (χ0n) is 15.6. The highest BCUT2D eigenvalue weighted by Gasteiger charge is 2.46. The van der Waals surface area contributed by atoms with E-state index in [0.29, 0.717) is 6.61 Å². The van der Waals surface area contributed by atoms with E-state index in [1.54, 1.807) is 0 Å². The first-order valence-corrected chi connectivity index (χ1v) is 9.54. The zero-order chi connectivity index (χ0) is 18.4. The molecule has 0 saturated heterocycles. The van der Waals surface area contributed by atoms with E-state index in [1.165, 1.54) is 22.0 Å². The smallest absolute Gasteiger partial charge is 0.195 e. The van der Waals surface area contributed by atoms with E-state index in [0.717, 1.165) is 11.6 Å². The third kappa shape index (κ3) is 2.55. The van der Waals surface area contributed by atoms with Crippen LogP contribution in [0.5, 0.6) is 0 Å². The molecule has 2 aliphatic rings. The predicted octanol–water partition coefficient (Wildman–Crippen LogP) is 4.63. The van der Waals surface area contributed by atoms with E-state index in [-0.39, 0.29) is 18.1 Å². The molecular formula is C23H23N3O. The summed E-state index contributed by atoms with van der Waals surface area (Å²) in [6.45, 7) is 2.65. The van der Waals surface area contributed by atoms with Crippen molar-refractivity contribution in [3.63, 3.8) is 0 Å². The maximum Gasteiger partial charge on any atom is 0.195 e. The average molecular weight is 357 g/mol. The van der Waals surface area contributed by atoms with E-state index >= 15 is 0 Å². The topological polar surface area (TPSA) is 36.9 Å². The molecule has 0 radical (unpaired) electrons. The standard InChI is InChI=1S/C23H23N3O/c1-3-27-23-20(15-9-5-4-6-10-15)21-22(25-23)24-18-13-16-11-7-8-12-17(16)14-19(18)26(21)2/h4-14,20-22,24H,3H2,1-2H3/t20-,21+,22+/m0/s1. The third-order valence-electron chi connectivity index (χ3n) is 5.64. The van der Waals surface area contributed by atoms with Crippen LogP contribution in [-0.2, 0) is 4.74 Å². The van der Waals surface area contributed by atoms with Crippen LogP contribution in [0.2, 0.25) is 0 Å². The second-order valence-corrected chi connectivity index (χ2v) is 7.20. The molecule has 0 saturated carbocycles. The number of anilines is 2. The highest BCUT2D eigenvalue weighted by molar-refractivity contribution is 5.95. The number of benzene rings is 3. The Labute approximate surface area is 159 Å². The van der Waals surface area contributed by atoms with Gasteiger partial charge in [-0.3, -0.25) is 0 Å². The van der Waals surface area contributed by atoms with Gasteiger partial charge >= 0.3 is 0 Å². The Balaban J connectivity index is 1.61. The molecule has 2 heterocycles. The molecule has 3 atom stereocenters. The minimum Gasteiger partial charge on any atom is -0.481 e. The van der Waals surface area contributed by atoms with Gasteiger partial charge in [0.05, 0.1) is 29.9 Å². The molecule has 0 aromatic heterocycles. The molecule has 136 valence electrons. The molecule has 3 aromatic rings. The Bertz CT molecular complexity index is 1010. The van der Waals surface area contributed by atoms with Crippen molar-refractivity contribution in [3.8, 4) is 0 Å². The predicted molar refractivity (Wildman–Crippen MR) is 112 cm³/mol. The summed E-state index contributed by atoms with van der Waals surface area (Å²) in [5.41, 5.74) is 3.59. The monoisotopic (exact) mass is 357 g/mol. The van der Waals surface area contributed by atoms with Crippen molar-refractivity contribution in [3.05, 3.63) is 72.3 Å². The molecule has 1 N–H and O–H groups in total. The van der Waals surface area contributed by atoms with Crippen LogP contribution in [0.4, 0.5) is 11.4 Å². The Morgan fingerprint density at radius 1 is 1.00 bits per heavy atom. The van der Waals surface area contributed by atoms with E-state index in [4.69, 9.17) is 9.73 Å². The van der Waals surface area contributed by atoms with Crippen LogP contribution in [-0.4, -0.2) is 31.8 Å². The van der Waals surface area contributed by atoms with Gasteiger partial charge in [-0.1, -0.05) is 54.6 Å². The molecule has 0 amide bonds. The number of rotatable bonds is 2. The van der Waals surface area contributed by atoms with E-state index in [9.17, 15) is 0 Å². The molecule has 27 heavy (non-hydrogen) atoms. The Kier molecular flexibility index (Phi) is 3.78. The van der Waals surface area contributed by atoms with Gasteiger partial charge in [-0.15, -0.1) is 0 Å². The molecule has 0 spiro atoms. The molecule has 0 bridgehead atoms. The average Bonchev–Trinajstić information content (AvgIpc) is 3.06. The van der Waals surface area contributed by atoms with Crippen LogP contribution in [0.25, 0.3) is 10.8 Å². The Morgan fingerprint density at radius 2 is 1.70 bits per heavy atom. The molecule has 4 heteroatoms. The molecule has 0 unspecified atom stereocenters. The van der Waals surface area contributed by atoms with E-state index in [2.05, 4.69) is 84.0 Å². The summed E-state index contributed by atoms with van der Waals surface area (Å²) in [4.78, 5) is 7.30. The second kappa shape index (κ2) is 6.31. The molecular weight excluding hydrogens is 334 g/mol. The fourth-order valence-electron chi connectivity index (χ4n) is 4.41. The number of hydrogen-bond donors (Lipinski definition) is 1. The second-order valence-electron chi connectivity index (χ2n) is 7.20. The summed E-state index contributed by atoms with van der Waals surface area (Å²) in [5, 5.41) is 6.15. The van der Waals surface area contributed by atoms with Gasteiger partial charge in [-0.2, -0.15) is 0 Å². The van der Waals surface area contributed by atoms with Crippen LogP contribution in [0.1, 0.15) is 18.4 Å². The molecule has 0 fully saturated rings. The van der Waals surface area contributed by atoms with Crippen molar-refractivity contribution in [1.29, 1.82) is 0 Å². The first-order valence-electron chi connectivity index (χ1n) is 9.54. The lowest BCUT2D eigenvalue weighted by molar-refractivity contribution is 0.313. The van der Waals surface area contributed by atoms with Gasteiger partial charge in [0.2, 0.25) is 0 Å². The van der Waals surface area contributed by atoms with E-state index in [1.807, 2.05) is 6.92 Å². The normalized spacial score (nSPS) is 23.4. The zero-order valence-corrected chi connectivity index (χ0v) is 15.6. The lowest BCUT2D eigenvalue weighted by Crippen LogP contribution is -2.49. The first kappa shape index (κ1) is 16.2. The quantitative estimate of drug-likeness (QED) is 0.727. The number of fused-ring (bicyclic) bond motifs is 3. The van der Waals surface area contributed by atoms with Crippen molar-refractivity contribution < 1.29 is 4.74 Å². The molecule has 4 nitrogen and oxygen atoms in total. The van der Waals surface area contributed by atoms with Crippen LogP contribution in [0, 0.1) is 0 Å². The van der Waals surface area contributed by atoms with E-state index < -0.39 is 0 Å². The van der Waals surface area contributed by atoms with Crippen molar-refractivity contribution in [1.82, 2.24) is 0 Å². The summed E-state index contributed by atoms with van der Waals surface area (Å²) >= 11 is 0. The van der Waals surface area contributed by atoms with Gasteiger partial charge in [-0.05, 0) is 35.4 Å². The van der Waals surface area contributed by atoms with Gasteiger partial charge < -0.3 is 15.0 Å². The molecule has 2 aliphatic heterocycles. The lowest BCUT2D eigenvalue weighted by atomic mass is 9.89. The summed E-state index contributed by atoms with van der Waals surface area (Å²) in [6.07, 6.45) is -0.0181. The number of nitrogens with zero attached hydrogens (tertiary/aromatic N) is 2. The number of likely N-dealkylation sites (N-methyl/N-ethyl adjacent to an activating group) is 1. The van der Waals surface area contributed by atoms with Gasteiger partial charge in [0.15, 0.2) is 5.90 Å². The largest absolute Gasteiger partial charge is 0.481 e. The minimum atomic E-state index is -0.0181. The summed E-state index contributed by atoms with van der Waals surface area (Å²) in [6, 6.07) is 23.7. The molecule has 0 aliphatic carbocycles. The van der Waals surface area contributed by atoms with Crippen LogP contribution in [0.3, 0.4) is 0 Å². The van der Waals surface area contributed by atoms with Crippen molar-refractivity contribution in [2.24, 2.45) is 4.99 Å². The maximum absolute atomic E-state index is 5.97. The Morgan fingerprint density at radius 3 is 2.44 bits per heavy atom. The number of aliphatic imine (C=N–C) groups is 1. The minimum absolute atomic E-state index is 0.0181. The van der Waals surface area contributed by atoms with Crippen LogP contribution in [0.15, 0.2) is 71.7 Å². The summed E-state index contributed by atoms with van der Waals surface area (Å²) in [5.74, 6) is 0.948. The summed E-state index contributed by atoms with van der Waals surface area (Å²) in [7, 11) is 2.17. The van der Waals surface area contributed by atoms with Crippen LogP contribution < -0.4 is 10.2 Å². The van der Waals surface area contributed by atoms with Crippen molar-refractivity contribution in [2.45, 2.75) is 25.0 Å². The highest BCUT2D eigenvalue weighted by atomic mass is 16.5. The fourth-order valence-corrected chi connectivity index (χ4v) is 4.41. The SMILES string of the molecule is CCOC1=N[C@H]2Nc3cc4ccccc4cc3N(C)[C@@H]2[C@@H]1c1ccccc1. The highest BCUT2D eigenvalue weighted by Crippen LogP contribution is 2.44. The van der Waals surface area contributed by atoms with Gasteiger partial charge in [0.25, 0.3) is 0 Å².